The Morgan fingerprint density at radius 1 is 1.00 bits per heavy atom. The molecule has 0 aliphatic heterocycles. The van der Waals surface area contributed by atoms with Crippen LogP contribution in [0.5, 0.6) is 0 Å². The van der Waals surface area contributed by atoms with Gasteiger partial charge in [-0.25, -0.2) is 0 Å². The van der Waals surface area contributed by atoms with Crippen molar-refractivity contribution in [3.63, 3.8) is 0 Å². The van der Waals surface area contributed by atoms with Crippen molar-refractivity contribution in [1.82, 2.24) is 5.16 Å². The summed E-state index contributed by atoms with van der Waals surface area (Å²) in [4.78, 5) is 24.0. The highest BCUT2D eigenvalue weighted by Crippen LogP contribution is 2.23. The number of esters is 1. The van der Waals surface area contributed by atoms with Gasteiger partial charge in [-0.05, 0) is 16.7 Å². The summed E-state index contributed by atoms with van der Waals surface area (Å²) in [6.07, 6.45) is 0.0961. The monoisotopic (exact) mass is 392 g/mol. The Balaban J connectivity index is 1.47. The van der Waals surface area contributed by atoms with Gasteiger partial charge in [0.25, 0.3) is 5.91 Å². The Kier molecular flexibility index (Phi) is 6.12. The van der Waals surface area contributed by atoms with Crippen LogP contribution >= 0.6 is 0 Å². The van der Waals surface area contributed by atoms with Crippen LogP contribution in [0.1, 0.15) is 32.0 Å². The first-order valence-corrected chi connectivity index (χ1v) is 9.38. The summed E-state index contributed by atoms with van der Waals surface area (Å²) in [6, 6.07) is 19.3. The van der Waals surface area contributed by atoms with Gasteiger partial charge >= 0.3 is 5.97 Å². The molecule has 2 aromatic carbocycles. The zero-order valence-electron chi connectivity index (χ0n) is 16.8. The Labute approximate surface area is 169 Å². The lowest BCUT2D eigenvalue weighted by atomic mass is 9.92. The number of aromatic nitrogens is 1. The second kappa shape index (κ2) is 8.73. The van der Waals surface area contributed by atoms with Crippen LogP contribution in [-0.4, -0.2) is 23.6 Å². The number of rotatable bonds is 6. The molecule has 1 N–H and O–H groups in total. The number of hydrogen-bond donors (Lipinski definition) is 1. The van der Waals surface area contributed by atoms with E-state index in [0.717, 1.165) is 22.4 Å². The predicted octanol–water partition coefficient (Wildman–Crippen LogP) is 4.36. The van der Waals surface area contributed by atoms with Crippen molar-refractivity contribution >= 4 is 17.8 Å². The number of benzene rings is 2. The third-order valence-electron chi connectivity index (χ3n) is 4.31. The summed E-state index contributed by atoms with van der Waals surface area (Å²) in [5.41, 5.74) is 3.54. The smallest absolute Gasteiger partial charge is 0.310 e. The summed E-state index contributed by atoms with van der Waals surface area (Å²) < 4.78 is 10.1. The second-order valence-corrected chi connectivity index (χ2v) is 7.77. The van der Waals surface area contributed by atoms with Gasteiger partial charge in [-0.3, -0.25) is 14.9 Å². The highest BCUT2D eigenvalue weighted by molar-refractivity contribution is 5.91. The molecule has 0 spiro atoms. The predicted molar refractivity (Wildman–Crippen MR) is 110 cm³/mol. The highest BCUT2D eigenvalue weighted by atomic mass is 16.5. The number of amides is 1. The van der Waals surface area contributed by atoms with Crippen molar-refractivity contribution < 1.29 is 18.8 Å². The fourth-order valence-electron chi connectivity index (χ4n) is 2.67. The summed E-state index contributed by atoms with van der Waals surface area (Å²) >= 11 is 0. The zero-order valence-corrected chi connectivity index (χ0v) is 16.8. The van der Waals surface area contributed by atoms with Gasteiger partial charge in [0.2, 0.25) is 5.88 Å². The summed E-state index contributed by atoms with van der Waals surface area (Å²) in [6.45, 7) is 5.59. The van der Waals surface area contributed by atoms with Gasteiger partial charge in [0.1, 0.15) is 0 Å². The highest BCUT2D eigenvalue weighted by Gasteiger charge is 2.20. The van der Waals surface area contributed by atoms with Gasteiger partial charge in [-0.15, -0.1) is 0 Å². The number of carbonyl (C=O) groups is 2. The van der Waals surface area contributed by atoms with Gasteiger partial charge in [-0.2, -0.15) is 0 Å². The van der Waals surface area contributed by atoms with Crippen LogP contribution in [0.4, 0.5) is 5.88 Å². The molecule has 0 aliphatic rings. The number of hydrogen-bond acceptors (Lipinski definition) is 5. The van der Waals surface area contributed by atoms with E-state index < -0.39 is 11.9 Å². The van der Waals surface area contributed by atoms with Crippen LogP contribution in [0.25, 0.3) is 11.1 Å². The average Bonchev–Trinajstić information content (AvgIpc) is 3.17. The quantitative estimate of drug-likeness (QED) is 0.630. The molecule has 6 nitrogen and oxygen atoms in total. The summed E-state index contributed by atoms with van der Waals surface area (Å²) in [7, 11) is 0. The number of carbonyl (C=O) groups excluding carboxylic acids is 2. The molecule has 6 heteroatoms. The average molecular weight is 392 g/mol. The van der Waals surface area contributed by atoms with Gasteiger partial charge in [0, 0.05) is 11.5 Å². The van der Waals surface area contributed by atoms with E-state index >= 15 is 0 Å². The molecule has 0 unspecified atom stereocenters. The molecule has 0 atom stereocenters. The maximum Gasteiger partial charge on any atom is 0.310 e. The van der Waals surface area contributed by atoms with Crippen LogP contribution in [-0.2, 0) is 26.2 Å². The molecule has 1 heterocycles. The Hall–Kier alpha value is -3.41. The Morgan fingerprint density at radius 2 is 1.66 bits per heavy atom. The molecule has 0 bridgehead atoms. The largest absolute Gasteiger partial charge is 0.455 e. The van der Waals surface area contributed by atoms with E-state index in [4.69, 9.17) is 9.26 Å². The normalized spacial score (nSPS) is 11.1. The third kappa shape index (κ3) is 5.78. The number of ether oxygens (including phenoxy) is 1. The SMILES string of the molecule is CC(C)(C)c1cc(NC(=O)COC(=O)Cc2ccc(-c3ccccc3)cc2)on1. The molecule has 0 radical (unpaired) electrons. The molecule has 3 rings (SSSR count). The lowest BCUT2D eigenvalue weighted by molar-refractivity contribution is -0.146. The number of nitrogens with one attached hydrogen (secondary N) is 1. The first-order chi connectivity index (χ1) is 13.8. The molecule has 3 aromatic rings. The van der Waals surface area contributed by atoms with Gasteiger partial charge in [-0.1, -0.05) is 80.5 Å². The molecule has 150 valence electrons. The maximum atomic E-state index is 12.0. The van der Waals surface area contributed by atoms with E-state index in [9.17, 15) is 9.59 Å². The Morgan fingerprint density at radius 3 is 2.28 bits per heavy atom. The van der Waals surface area contributed by atoms with E-state index in [-0.39, 0.29) is 24.3 Å². The molecule has 0 aliphatic carbocycles. The van der Waals surface area contributed by atoms with Crippen LogP contribution < -0.4 is 5.32 Å². The Bertz CT molecular complexity index is 970. The fourth-order valence-corrected chi connectivity index (χ4v) is 2.67. The molecular weight excluding hydrogens is 368 g/mol. The second-order valence-electron chi connectivity index (χ2n) is 7.77. The lowest BCUT2D eigenvalue weighted by Gasteiger charge is -2.12. The molecule has 0 saturated carbocycles. The first-order valence-electron chi connectivity index (χ1n) is 9.38. The summed E-state index contributed by atoms with van der Waals surface area (Å²) in [5.74, 6) is -0.720. The van der Waals surface area contributed by atoms with Crippen LogP contribution in [0.3, 0.4) is 0 Å². The molecular formula is C23H24N2O4. The zero-order chi connectivity index (χ0) is 20.9. The number of anilines is 1. The van der Waals surface area contributed by atoms with Crippen molar-refractivity contribution in [2.75, 3.05) is 11.9 Å². The lowest BCUT2D eigenvalue weighted by Crippen LogP contribution is -2.21. The molecule has 0 fully saturated rings. The maximum absolute atomic E-state index is 12.0. The molecule has 0 saturated heterocycles. The van der Waals surface area contributed by atoms with Gasteiger partial charge in [0.05, 0.1) is 12.1 Å². The third-order valence-corrected chi connectivity index (χ3v) is 4.31. The van der Waals surface area contributed by atoms with E-state index in [0.29, 0.717) is 0 Å². The molecule has 29 heavy (non-hydrogen) atoms. The van der Waals surface area contributed by atoms with Gasteiger partial charge < -0.3 is 9.26 Å². The van der Waals surface area contributed by atoms with Crippen molar-refractivity contribution in [3.8, 4) is 11.1 Å². The standard InChI is InChI=1S/C23H24N2O4/c1-23(2,3)19-14-21(29-25-19)24-20(26)15-28-22(27)13-16-9-11-18(12-10-16)17-7-5-4-6-8-17/h4-12,14H,13,15H2,1-3H3,(H,24,26). The minimum atomic E-state index is -0.477. The van der Waals surface area contributed by atoms with Crippen LogP contribution in [0.2, 0.25) is 0 Å². The van der Waals surface area contributed by atoms with Crippen molar-refractivity contribution in [2.24, 2.45) is 0 Å². The van der Waals surface area contributed by atoms with E-state index in [1.165, 1.54) is 0 Å². The number of nitrogens with zero attached hydrogens (tertiary/aromatic N) is 1. The van der Waals surface area contributed by atoms with Crippen molar-refractivity contribution in [1.29, 1.82) is 0 Å². The summed E-state index contributed by atoms with van der Waals surface area (Å²) in [5, 5.41) is 6.46. The van der Waals surface area contributed by atoms with E-state index in [1.807, 2.05) is 75.4 Å². The van der Waals surface area contributed by atoms with Crippen LogP contribution in [0.15, 0.2) is 65.2 Å². The molecule has 1 amide bonds. The topological polar surface area (TPSA) is 81.4 Å². The minimum Gasteiger partial charge on any atom is -0.455 e. The van der Waals surface area contributed by atoms with E-state index in [2.05, 4.69) is 10.5 Å². The fraction of sp³-hybridized carbons (Fsp3) is 0.261. The minimum absolute atomic E-state index is 0.0961. The van der Waals surface area contributed by atoms with Crippen LogP contribution in [0, 0.1) is 0 Å². The molecule has 1 aromatic heterocycles. The van der Waals surface area contributed by atoms with Crippen molar-refractivity contribution in [3.05, 3.63) is 71.9 Å². The van der Waals surface area contributed by atoms with E-state index in [1.54, 1.807) is 6.07 Å². The van der Waals surface area contributed by atoms with Gasteiger partial charge in [0.15, 0.2) is 6.61 Å². The van der Waals surface area contributed by atoms with Crippen molar-refractivity contribution in [2.45, 2.75) is 32.6 Å². The first kappa shape index (κ1) is 20.3.